The van der Waals surface area contributed by atoms with Gasteiger partial charge in [0.05, 0.1) is 12.3 Å². The van der Waals surface area contributed by atoms with Crippen molar-refractivity contribution in [1.29, 1.82) is 0 Å². The van der Waals surface area contributed by atoms with Gasteiger partial charge < -0.3 is 5.11 Å². The summed E-state index contributed by atoms with van der Waals surface area (Å²) in [5.41, 5.74) is 2.52. The van der Waals surface area contributed by atoms with Gasteiger partial charge in [0.1, 0.15) is 4.21 Å². The molecule has 19 heavy (non-hydrogen) atoms. The lowest BCUT2D eigenvalue weighted by atomic mass is 10.1. The Morgan fingerprint density at radius 3 is 2.58 bits per heavy atom. The van der Waals surface area contributed by atoms with Crippen LogP contribution in [0.2, 0.25) is 0 Å². The number of anilines is 1. The first-order valence-corrected chi connectivity index (χ1v) is 8.02. The number of hydrogen-bond acceptors (Lipinski definition) is 4. The zero-order valence-corrected chi connectivity index (χ0v) is 12.3. The summed E-state index contributed by atoms with van der Waals surface area (Å²) >= 11 is 1.07. The highest BCUT2D eigenvalue weighted by Crippen LogP contribution is 2.26. The molecule has 0 aliphatic rings. The largest absolute Gasteiger partial charge is 0.391 e. The Balaban J connectivity index is 2.33. The summed E-state index contributed by atoms with van der Waals surface area (Å²) in [4.78, 5) is 0.626. The van der Waals surface area contributed by atoms with E-state index in [2.05, 4.69) is 4.72 Å². The van der Waals surface area contributed by atoms with Crippen molar-refractivity contribution >= 4 is 27.0 Å². The van der Waals surface area contributed by atoms with E-state index in [0.29, 0.717) is 10.6 Å². The van der Waals surface area contributed by atoms with E-state index < -0.39 is 10.0 Å². The molecule has 0 fully saturated rings. The van der Waals surface area contributed by atoms with Crippen LogP contribution in [0.15, 0.2) is 34.5 Å². The van der Waals surface area contributed by atoms with E-state index >= 15 is 0 Å². The third-order valence-electron chi connectivity index (χ3n) is 2.91. The molecule has 2 aromatic rings. The quantitative estimate of drug-likeness (QED) is 0.911. The van der Waals surface area contributed by atoms with Crippen LogP contribution in [-0.4, -0.2) is 13.5 Å². The number of aliphatic hydroxyl groups excluding tert-OH is 1. The molecule has 0 radical (unpaired) electrons. The van der Waals surface area contributed by atoms with Crippen LogP contribution in [0.3, 0.4) is 0 Å². The van der Waals surface area contributed by atoms with E-state index in [1.165, 1.54) is 6.07 Å². The van der Waals surface area contributed by atoms with Crippen molar-refractivity contribution in [2.75, 3.05) is 4.72 Å². The lowest BCUT2D eigenvalue weighted by molar-refractivity contribution is 0.285. The third kappa shape index (κ3) is 2.97. The van der Waals surface area contributed by atoms with Gasteiger partial charge in [-0.2, -0.15) is 0 Å². The topological polar surface area (TPSA) is 66.4 Å². The second kappa shape index (κ2) is 5.32. The molecule has 102 valence electrons. The Bertz CT molecular complexity index is 690. The minimum atomic E-state index is -3.58. The van der Waals surface area contributed by atoms with Gasteiger partial charge in [-0.3, -0.25) is 4.72 Å². The van der Waals surface area contributed by atoms with Crippen LogP contribution in [0, 0.1) is 13.8 Å². The maximum absolute atomic E-state index is 12.2. The lowest BCUT2D eigenvalue weighted by Gasteiger charge is -2.10. The van der Waals surface area contributed by atoms with Crippen molar-refractivity contribution in [3.63, 3.8) is 0 Å². The Labute approximate surface area is 116 Å². The highest BCUT2D eigenvalue weighted by atomic mass is 32.2. The van der Waals surface area contributed by atoms with E-state index in [0.717, 1.165) is 22.5 Å². The first kappa shape index (κ1) is 14.0. The summed E-state index contributed by atoms with van der Waals surface area (Å²) in [5, 5.41) is 8.98. The van der Waals surface area contributed by atoms with Gasteiger partial charge in [0, 0.05) is 4.88 Å². The number of aryl methyl sites for hydroxylation is 1. The molecule has 0 saturated heterocycles. The standard InChI is InChI=1S/C13H15NO3S2/c1-9-4-3-5-12(10(9)2)14-19(16,17)13-7-6-11(8-15)18-13/h3-7,14-15H,8H2,1-2H3. The zero-order valence-electron chi connectivity index (χ0n) is 10.7. The lowest BCUT2D eigenvalue weighted by Crippen LogP contribution is -2.12. The first-order valence-electron chi connectivity index (χ1n) is 5.72. The monoisotopic (exact) mass is 297 g/mol. The van der Waals surface area contributed by atoms with Crippen LogP contribution in [-0.2, 0) is 16.6 Å². The van der Waals surface area contributed by atoms with Crippen molar-refractivity contribution < 1.29 is 13.5 Å². The van der Waals surface area contributed by atoms with Crippen LogP contribution >= 0.6 is 11.3 Å². The fraction of sp³-hybridized carbons (Fsp3) is 0.231. The highest BCUT2D eigenvalue weighted by Gasteiger charge is 2.17. The second-order valence-electron chi connectivity index (χ2n) is 4.23. The molecule has 0 spiro atoms. The molecule has 0 aliphatic carbocycles. The molecule has 0 unspecified atom stereocenters. The van der Waals surface area contributed by atoms with Crippen LogP contribution in [0.4, 0.5) is 5.69 Å². The van der Waals surface area contributed by atoms with Crippen LogP contribution in [0.1, 0.15) is 16.0 Å². The molecule has 0 bridgehead atoms. The van der Waals surface area contributed by atoms with Gasteiger partial charge in [0.15, 0.2) is 0 Å². The molecular weight excluding hydrogens is 282 g/mol. The second-order valence-corrected chi connectivity index (χ2v) is 7.31. The average molecular weight is 297 g/mol. The van der Waals surface area contributed by atoms with Gasteiger partial charge in [-0.05, 0) is 43.2 Å². The molecule has 0 aliphatic heterocycles. The van der Waals surface area contributed by atoms with Gasteiger partial charge in [-0.25, -0.2) is 8.42 Å². The van der Waals surface area contributed by atoms with E-state index in [1.807, 2.05) is 26.0 Å². The summed E-state index contributed by atoms with van der Waals surface area (Å²) in [6.45, 7) is 3.66. The minimum Gasteiger partial charge on any atom is -0.391 e. The van der Waals surface area contributed by atoms with E-state index in [1.54, 1.807) is 12.1 Å². The molecule has 1 aromatic heterocycles. The summed E-state index contributed by atoms with van der Waals surface area (Å²) in [6.07, 6.45) is 0. The fourth-order valence-corrected chi connectivity index (χ4v) is 3.98. The predicted molar refractivity (Wildman–Crippen MR) is 77.0 cm³/mol. The Morgan fingerprint density at radius 2 is 1.95 bits per heavy atom. The molecule has 0 amide bonds. The van der Waals surface area contributed by atoms with Crippen LogP contribution in [0.5, 0.6) is 0 Å². The predicted octanol–water partition coefficient (Wildman–Crippen LogP) is 2.66. The summed E-state index contributed by atoms with van der Waals surface area (Å²) < 4.78 is 27.2. The number of benzene rings is 1. The fourth-order valence-electron chi connectivity index (χ4n) is 1.64. The van der Waals surface area contributed by atoms with Gasteiger partial charge in [-0.1, -0.05) is 12.1 Å². The van der Waals surface area contributed by atoms with Crippen LogP contribution < -0.4 is 4.72 Å². The highest BCUT2D eigenvalue weighted by molar-refractivity contribution is 7.94. The number of sulfonamides is 1. The summed E-state index contributed by atoms with van der Waals surface area (Å²) in [7, 11) is -3.58. The maximum Gasteiger partial charge on any atom is 0.271 e. The number of rotatable bonds is 4. The maximum atomic E-state index is 12.2. The smallest absolute Gasteiger partial charge is 0.271 e. The number of aliphatic hydroxyl groups is 1. The molecule has 4 nitrogen and oxygen atoms in total. The van der Waals surface area contributed by atoms with E-state index in [-0.39, 0.29) is 10.8 Å². The Hall–Kier alpha value is -1.37. The number of thiophene rings is 1. The zero-order chi connectivity index (χ0) is 14.0. The van der Waals surface area contributed by atoms with Gasteiger partial charge >= 0.3 is 0 Å². The Morgan fingerprint density at radius 1 is 1.21 bits per heavy atom. The summed E-state index contributed by atoms with van der Waals surface area (Å²) in [6, 6.07) is 8.60. The van der Waals surface area contributed by atoms with E-state index in [4.69, 9.17) is 5.11 Å². The van der Waals surface area contributed by atoms with Gasteiger partial charge in [0.2, 0.25) is 0 Å². The van der Waals surface area contributed by atoms with Crippen molar-refractivity contribution in [2.24, 2.45) is 0 Å². The SMILES string of the molecule is Cc1cccc(NS(=O)(=O)c2ccc(CO)s2)c1C. The van der Waals surface area contributed by atoms with Crippen molar-refractivity contribution in [3.8, 4) is 0 Å². The van der Waals surface area contributed by atoms with Gasteiger partial charge in [0.25, 0.3) is 10.0 Å². The molecule has 1 heterocycles. The minimum absolute atomic E-state index is 0.149. The van der Waals surface area contributed by atoms with Crippen molar-refractivity contribution in [1.82, 2.24) is 0 Å². The molecule has 0 atom stereocenters. The number of hydrogen-bond donors (Lipinski definition) is 2. The average Bonchev–Trinajstić information content (AvgIpc) is 2.84. The molecule has 1 aromatic carbocycles. The molecule has 2 rings (SSSR count). The molecule has 2 N–H and O–H groups in total. The van der Waals surface area contributed by atoms with Crippen molar-refractivity contribution in [3.05, 3.63) is 46.3 Å². The Kier molecular flexibility index (Phi) is 3.93. The van der Waals surface area contributed by atoms with Gasteiger partial charge in [-0.15, -0.1) is 11.3 Å². The third-order valence-corrected chi connectivity index (χ3v) is 5.83. The molecule has 6 heteroatoms. The summed E-state index contributed by atoms with van der Waals surface area (Å²) in [5.74, 6) is 0. The van der Waals surface area contributed by atoms with E-state index in [9.17, 15) is 8.42 Å². The number of nitrogens with one attached hydrogen (secondary N) is 1. The molecular formula is C13H15NO3S2. The van der Waals surface area contributed by atoms with Crippen molar-refractivity contribution in [2.45, 2.75) is 24.7 Å². The molecule has 0 saturated carbocycles. The first-order chi connectivity index (χ1) is 8.94. The van der Waals surface area contributed by atoms with Crippen LogP contribution in [0.25, 0.3) is 0 Å². The normalized spacial score (nSPS) is 11.5.